The summed E-state index contributed by atoms with van der Waals surface area (Å²) >= 11 is 3.57. The SMILES string of the molecule is C[C@]12C[C@@H](Br)C(=O)N[C@@H]1CC[C@@H]1[C@@H]2CC[C@]2(C)[C@@H](C(=O)O)CC[C@@H]12. The van der Waals surface area contributed by atoms with Gasteiger partial charge in [-0.3, -0.25) is 9.59 Å². The highest BCUT2D eigenvalue weighted by Gasteiger charge is 2.62. The zero-order valence-electron chi connectivity index (χ0n) is 14.6. The number of piperidine rings is 1. The molecule has 0 spiro atoms. The van der Waals surface area contributed by atoms with E-state index < -0.39 is 5.97 Å². The third-order valence-electron chi connectivity index (χ3n) is 8.39. The number of rotatable bonds is 1. The van der Waals surface area contributed by atoms with E-state index in [1.807, 2.05) is 0 Å². The Morgan fingerprint density at radius 2 is 1.83 bits per heavy atom. The number of carbonyl (C=O) groups excluding carboxylic acids is 1. The molecule has 1 amide bonds. The molecule has 4 rings (SSSR count). The molecule has 1 aliphatic heterocycles. The third kappa shape index (κ3) is 2.15. The number of alkyl halides is 1. The van der Waals surface area contributed by atoms with Crippen LogP contribution in [0.4, 0.5) is 0 Å². The van der Waals surface area contributed by atoms with E-state index in [0.29, 0.717) is 23.8 Å². The van der Waals surface area contributed by atoms with Crippen LogP contribution in [0.15, 0.2) is 0 Å². The number of carboxylic acids is 1. The van der Waals surface area contributed by atoms with Crippen molar-refractivity contribution in [3.05, 3.63) is 0 Å². The Hall–Kier alpha value is -0.580. The van der Waals surface area contributed by atoms with E-state index >= 15 is 0 Å². The van der Waals surface area contributed by atoms with Crippen molar-refractivity contribution in [3.8, 4) is 0 Å². The van der Waals surface area contributed by atoms with Crippen LogP contribution in [0.1, 0.15) is 58.8 Å². The second-order valence-electron chi connectivity index (χ2n) is 9.21. The first-order chi connectivity index (χ1) is 11.3. The van der Waals surface area contributed by atoms with Crippen LogP contribution >= 0.6 is 15.9 Å². The highest BCUT2D eigenvalue weighted by molar-refractivity contribution is 9.10. The number of carbonyl (C=O) groups is 2. The minimum atomic E-state index is -0.594. The lowest BCUT2D eigenvalue weighted by atomic mass is 9.47. The van der Waals surface area contributed by atoms with Crippen LogP contribution in [0, 0.1) is 34.5 Å². The molecule has 134 valence electrons. The lowest BCUT2D eigenvalue weighted by Crippen LogP contribution is -2.63. The summed E-state index contributed by atoms with van der Waals surface area (Å²) in [6, 6.07) is 0.293. The second-order valence-corrected chi connectivity index (χ2v) is 10.3. The molecule has 4 fully saturated rings. The number of nitrogens with one attached hydrogen (secondary N) is 1. The standard InChI is InChI=1S/C19H28BrNO3/c1-18-8-7-12-10(11(18)4-5-13(18)17(23)24)3-6-15-19(12,2)9-14(20)16(22)21-15/h10-15H,3-9H2,1-2H3,(H,21,22)(H,23,24)/t10-,11-,12-,13+,14+,15+,18-,19+/m0/s1. The smallest absolute Gasteiger partial charge is 0.307 e. The normalized spacial score (nSPS) is 53.5. The van der Waals surface area contributed by atoms with Gasteiger partial charge in [0.1, 0.15) is 0 Å². The van der Waals surface area contributed by atoms with Gasteiger partial charge in [-0.25, -0.2) is 0 Å². The summed E-state index contributed by atoms with van der Waals surface area (Å²) in [7, 11) is 0. The van der Waals surface area contributed by atoms with Crippen LogP contribution in [-0.4, -0.2) is 27.9 Å². The molecule has 0 aromatic carbocycles. The number of hydrogen-bond donors (Lipinski definition) is 2. The van der Waals surface area contributed by atoms with Gasteiger partial charge in [0.2, 0.25) is 5.91 Å². The predicted octanol–water partition coefficient (Wildman–Crippen LogP) is 3.58. The van der Waals surface area contributed by atoms with Crippen LogP contribution in [0.2, 0.25) is 0 Å². The molecule has 4 nitrogen and oxygen atoms in total. The summed E-state index contributed by atoms with van der Waals surface area (Å²) in [6.45, 7) is 4.61. The van der Waals surface area contributed by atoms with Gasteiger partial charge in [-0.1, -0.05) is 29.8 Å². The van der Waals surface area contributed by atoms with Crippen molar-refractivity contribution in [3.63, 3.8) is 0 Å². The van der Waals surface area contributed by atoms with E-state index in [0.717, 1.165) is 44.9 Å². The molecule has 8 atom stereocenters. The third-order valence-corrected chi connectivity index (χ3v) is 9.13. The fourth-order valence-corrected chi connectivity index (χ4v) is 7.96. The van der Waals surface area contributed by atoms with Gasteiger partial charge in [0, 0.05) is 6.04 Å². The van der Waals surface area contributed by atoms with Crippen LogP contribution in [0.25, 0.3) is 0 Å². The highest BCUT2D eigenvalue weighted by atomic mass is 79.9. The first kappa shape index (κ1) is 16.9. The molecule has 0 aromatic rings. The molecule has 3 aliphatic carbocycles. The molecule has 2 N–H and O–H groups in total. The fourth-order valence-electron chi connectivity index (χ4n) is 7.13. The Labute approximate surface area is 152 Å². The first-order valence-electron chi connectivity index (χ1n) is 9.44. The van der Waals surface area contributed by atoms with Crippen LogP contribution in [-0.2, 0) is 9.59 Å². The number of halogens is 1. The summed E-state index contributed by atoms with van der Waals surface area (Å²) in [5.74, 6) is 1.17. The predicted molar refractivity (Wildman–Crippen MR) is 94.8 cm³/mol. The Bertz CT molecular complexity index is 581. The van der Waals surface area contributed by atoms with Gasteiger partial charge in [0.25, 0.3) is 0 Å². The number of fused-ring (bicyclic) bond motifs is 5. The van der Waals surface area contributed by atoms with E-state index in [2.05, 4.69) is 35.1 Å². The molecule has 1 heterocycles. The average Bonchev–Trinajstić information content (AvgIpc) is 2.86. The van der Waals surface area contributed by atoms with Gasteiger partial charge in [0.05, 0.1) is 10.7 Å². The maximum absolute atomic E-state index is 12.1. The maximum Gasteiger partial charge on any atom is 0.307 e. The first-order valence-corrected chi connectivity index (χ1v) is 10.4. The van der Waals surface area contributed by atoms with E-state index in [1.54, 1.807) is 0 Å². The van der Waals surface area contributed by atoms with Gasteiger partial charge in [-0.15, -0.1) is 0 Å². The number of amides is 1. The average molecular weight is 398 g/mol. The lowest BCUT2D eigenvalue weighted by Gasteiger charge is -2.60. The molecular weight excluding hydrogens is 370 g/mol. The minimum Gasteiger partial charge on any atom is -0.481 e. The molecular formula is C19H28BrNO3. The van der Waals surface area contributed by atoms with Crippen molar-refractivity contribution in [2.75, 3.05) is 0 Å². The second kappa shape index (κ2) is 5.46. The number of aliphatic carboxylic acids is 1. The Kier molecular flexibility index (Phi) is 3.83. The molecule has 3 saturated carbocycles. The Morgan fingerprint density at radius 1 is 1.12 bits per heavy atom. The molecule has 1 saturated heterocycles. The van der Waals surface area contributed by atoms with Crippen molar-refractivity contribution in [1.29, 1.82) is 0 Å². The molecule has 24 heavy (non-hydrogen) atoms. The van der Waals surface area contributed by atoms with Crippen molar-refractivity contribution in [1.82, 2.24) is 5.32 Å². The van der Waals surface area contributed by atoms with Gasteiger partial charge in [-0.05, 0) is 73.5 Å². The Morgan fingerprint density at radius 3 is 2.54 bits per heavy atom. The molecule has 4 aliphatic rings. The monoisotopic (exact) mass is 397 g/mol. The van der Waals surface area contributed by atoms with E-state index in [4.69, 9.17) is 0 Å². The van der Waals surface area contributed by atoms with E-state index in [1.165, 1.54) is 0 Å². The zero-order valence-corrected chi connectivity index (χ0v) is 16.1. The van der Waals surface area contributed by atoms with Gasteiger partial charge >= 0.3 is 5.97 Å². The maximum atomic E-state index is 12.1. The highest BCUT2D eigenvalue weighted by Crippen LogP contribution is 2.65. The topological polar surface area (TPSA) is 66.4 Å². The van der Waals surface area contributed by atoms with Crippen LogP contribution < -0.4 is 5.32 Å². The Balaban J connectivity index is 1.64. The lowest BCUT2D eigenvalue weighted by molar-refractivity contribution is -0.152. The van der Waals surface area contributed by atoms with Gasteiger partial charge < -0.3 is 10.4 Å². The largest absolute Gasteiger partial charge is 0.481 e. The molecule has 5 heteroatoms. The van der Waals surface area contributed by atoms with Crippen molar-refractivity contribution in [2.45, 2.75) is 69.7 Å². The summed E-state index contributed by atoms with van der Waals surface area (Å²) in [4.78, 5) is 23.7. The molecule has 0 bridgehead atoms. The summed E-state index contributed by atoms with van der Waals surface area (Å²) < 4.78 is 0. The van der Waals surface area contributed by atoms with Gasteiger partial charge in [0.15, 0.2) is 0 Å². The van der Waals surface area contributed by atoms with Crippen LogP contribution in [0.3, 0.4) is 0 Å². The van der Waals surface area contributed by atoms with Crippen molar-refractivity contribution < 1.29 is 14.7 Å². The fraction of sp³-hybridized carbons (Fsp3) is 0.895. The van der Waals surface area contributed by atoms with Crippen molar-refractivity contribution in [2.24, 2.45) is 34.5 Å². The minimum absolute atomic E-state index is 0.0259. The molecule has 0 unspecified atom stereocenters. The van der Waals surface area contributed by atoms with Crippen molar-refractivity contribution >= 4 is 27.8 Å². The molecule has 0 radical (unpaired) electrons. The van der Waals surface area contributed by atoms with Crippen LogP contribution in [0.5, 0.6) is 0 Å². The summed E-state index contributed by atoms with van der Waals surface area (Å²) in [5, 5.41) is 12.9. The summed E-state index contributed by atoms with van der Waals surface area (Å²) in [5.41, 5.74) is 0.121. The van der Waals surface area contributed by atoms with E-state index in [-0.39, 0.29) is 27.5 Å². The number of carboxylic acid groups (broad SMARTS) is 1. The van der Waals surface area contributed by atoms with E-state index in [9.17, 15) is 14.7 Å². The molecule has 0 aromatic heterocycles. The van der Waals surface area contributed by atoms with Gasteiger partial charge in [-0.2, -0.15) is 0 Å². The summed E-state index contributed by atoms with van der Waals surface area (Å²) in [6.07, 6.45) is 7.16. The number of hydrogen-bond acceptors (Lipinski definition) is 2. The quantitative estimate of drug-likeness (QED) is 0.664. The zero-order chi connectivity index (χ0) is 17.3.